The minimum absolute atomic E-state index is 0.0609. The van der Waals surface area contributed by atoms with E-state index in [2.05, 4.69) is 39.0 Å². The van der Waals surface area contributed by atoms with Gasteiger partial charge in [0.2, 0.25) is 0 Å². The molecule has 4 saturated heterocycles. The van der Waals surface area contributed by atoms with Crippen molar-refractivity contribution in [3.63, 3.8) is 0 Å². The number of rotatable bonds is 2. The molecule has 0 N–H and O–H groups in total. The Labute approximate surface area is 209 Å². The Morgan fingerprint density at radius 2 is 1.63 bits per heavy atom. The average Bonchev–Trinajstić information content (AvgIpc) is 3.50. The highest BCUT2D eigenvalue weighted by molar-refractivity contribution is 5.75. The molecule has 0 aromatic heterocycles. The second-order valence-electron chi connectivity index (χ2n) is 11.4. The third-order valence-corrected chi connectivity index (χ3v) is 9.55. The lowest BCUT2D eigenvalue weighted by atomic mass is 9.68. The van der Waals surface area contributed by atoms with Crippen molar-refractivity contribution in [3.05, 3.63) is 35.4 Å². The number of piperidine rings is 2. The zero-order valence-electron chi connectivity index (χ0n) is 21.2. The van der Waals surface area contributed by atoms with Gasteiger partial charge in [-0.15, -0.1) is 0 Å². The number of carbonyl (C=O) groups excluding carboxylic acids is 2. The molecule has 5 aliphatic rings. The zero-order valence-corrected chi connectivity index (χ0v) is 21.2. The lowest BCUT2D eigenvalue weighted by Crippen LogP contribution is -2.58. The van der Waals surface area contributed by atoms with Crippen LogP contribution < -0.4 is 0 Å². The second kappa shape index (κ2) is 9.30. The van der Waals surface area contributed by atoms with Crippen molar-refractivity contribution in [2.45, 2.75) is 88.4 Å². The predicted octanol–water partition coefficient (Wildman–Crippen LogP) is 4.20. The van der Waals surface area contributed by atoms with Crippen molar-refractivity contribution in [2.24, 2.45) is 0 Å². The topological polar surface area (TPSA) is 56.3 Å². The van der Waals surface area contributed by atoms with Gasteiger partial charge in [0.05, 0.1) is 6.61 Å². The van der Waals surface area contributed by atoms with Crippen molar-refractivity contribution in [3.8, 4) is 0 Å². The summed E-state index contributed by atoms with van der Waals surface area (Å²) in [5.41, 5.74) is 2.87. The van der Waals surface area contributed by atoms with Gasteiger partial charge in [-0.25, -0.2) is 9.59 Å². The van der Waals surface area contributed by atoms with Crippen LogP contribution in [-0.2, 0) is 16.7 Å². The van der Waals surface area contributed by atoms with Gasteiger partial charge in [-0.05, 0) is 82.5 Å². The van der Waals surface area contributed by atoms with Crippen LogP contribution >= 0.6 is 0 Å². The van der Waals surface area contributed by atoms with E-state index >= 15 is 0 Å². The van der Waals surface area contributed by atoms with Crippen LogP contribution in [0.5, 0.6) is 0 Å². The number of hydrogen-bond donors (Lipinski definition) is 0. The molecule has 7 heteroatoms. The summed E-state index contributed by atoms with van der Waals surface area (Å²) in [6, 6.07) is 10.3. The molecule has 5 aliphatic heterocycles. The van der Waals surface area contributed by atoms with Gasteiger partial charge < -0.3 is 24.3 Å². The Morgan fingerprint density at radius 3 is 2.31 bits per heavy atom. The minimum Gasteiger partial charge on any atom is -0.450 e. The van der Waals surface area contributed by atoms with Crippen LogP contribution in [0.2, 0.25) is 0 Å². The van der Waals surface area contributed by atoms with E-state index in [-0.39, 0.29) is 17.5 Å². The van der Waals surface area contributed by atoms with Crippen molar-refractivity contribution < 1.29 is 14.3 Å². The predicted molar refractivity (Wildman–Crippen MR) is 134 cm³/mol. The molecule has 2 unspecified atom stereocenters. The van der Waals surface area contributed by atoms with Gasteiger partial charge in [-0.1, -0.05) is 24.3 Å². The summed E-state index contributed by atoms with van der Waals surface area (Å²) in [7, 11) is 0. The molecule has 2 bridgehead atoms. The van der Waals surface area contributed by atoms with E-state index in [0.29, 0.717) is 24.7 Å². The summed E-state index contributed by atoms with van der Waals surface area (Å²) in [6.07, 6.45) is 8.70. The second-order valence-corrected chi connectivity index (χ2v) is 11.4. The summed E-state index contributed by atoms with van der Waals surface area (Å²) in [4.78, 5) is 34.8. The summed E-state index contributed by atoms with van der Waals surface area (Å²) in [6.45, 7) is 7.89. The number of carbonyl (C=O) groups is 2. The molecule has 2 atom stereocenters. The molecule has 35 heavy (non-hydrogen) atoms. The van der Waals surface area contributed by atoms with Crippen molar-refractivity contribution in [1.29, 1.82) is 0 Å². The quantitative estimate of drug-likeness (QED) is 0.637. The Kier molecular flexibility index (Phi) is 6.15. The number of amides is 3. The highest BCUT2D eigenvalue weighted by Gasteiger charge is 2.48. The third-order valence-electron chi connectivity index (χ3n) is 9.55. The molecular formula is C28H40N4O3. The maximum absolute atomic E-state index is 13.4. The van der Waals surface area contributed by atoms with Crippen molar-refractivity contribution in [1.82, 2.24) is 19.6 Å². The molecule has 6 rings (SSSR count). The lowest BCUT2D eigenvalue weighted by molar-refractivity contribution is 0.0211. The Morgan fingerprint density at radius 1 is 0.943 bits per heavy atom. The van der Waals surface area contributed by atoms with Crippen LogP contribution in [0.3, 0.4) is 0 Å². The third kappa shape index (κ3) is 4.09. The number of likely N-dealkylation sites (tertiary alicyclic amines) is 2. The molecule has 5 heterocycles. The minimum atomic E-state index is -0.113. The van der Waals surface area contributed by atoms with Crippen LogP contribution in [0.15, 0.2) is 24.3 Å². The van der Waals surface area contributed by atoms with Crippen LogP contribution in [0.25, 0.3) is 0 Å². The molecule has 1 aromatic carbocycles. The summed E-state index contributed by atoms with van der Waals surface area (Å²) in [5, 5.41) is 0. The highest BCUT2D eigenvalue weighted by Crippen LogP contribution is 2.44. The van der Waals surface area contributed by atoms with E-state index < -0.39 is 0 Å². The first kappa shape index (κ1) is 23.1. The number of benzene rings is 1. The number of fused-ring (bicyclic) bond motifs is 4. The van der Waals surface area contributed by atoms with Gasteiger partial charge in [0.1, 0.15) is 0 Å². The van der Waals surface area contributed by atoms with Crippen LogP contribution in [-0.4, -0.2) is 89.2 Å². The Bertz CT molecular complexity index is 939. The zero-order chi connectivity index (χ0) is 24.0. The fourth-order valence-corrected chi connectivity index (χ4v) is 7.82. The summed E-state index contributed by atoms with van der Waals surface area (Å²) >= 11 is 0. The first-order valence-corrected chi connectivity index (χ1v) is 13.9. The summed E-state index contributed by atoms with van der Waals surface area (Å²) in [5.74, 6) is 0. The van der Waals surface area contributed by atoms with Gasteiger partial charge >= 0.3 is 12.1 Å². The average molecular weight is 481 g/mol. The van der Waals surface area contributed by atoms with Gasteiger partial charge in [0.25, 0.3) is 0 Å². The molecule has 1 spiro atoms. The SMILES string of the molecule is CCOC(=O)N1C2CCC1CC(N1CCC3(CC1)CN(C(=O)N1CCCC1)Cc1ccccc13)C2. The van der Waals surface area contributed by atoms with Crippen molar-refractivity contribution in [2.75, 3.05) is 39.3 Å². The van der Waals surface area contributed by atoms with Gasteiger partial charge in [-0.3, -0.25) is 0 Å². The monoisotopic (exact) mass is 480 g/mol. The van der Waals surface area contributed by atoms with Crippen LogP contribution in [0.1, 0.15) is 69.4 Å². The molecule has 4 fully saturated rings. The number of urea groups is 1. The lowest BCUT2D eigenvalue weighted by Gasteiger charge is -2.51. The van der Waals surface area contributed by atoms with Crippen LogP contribution in [0, 0.1) is 0 Å². The van der Waals surface area contributed by atoms with E-state index in [4.69, 9.17) is 4.74 Å². The van der Waals surface area contributed by atoms with Gasteiger partial charge in [0, 0.05) is 49.7 Å². The van der Waals surface area contributed by atoms with E-state index in [9.17, 15) is 9.59 Å². The normalized spacial score (nSPS) is 30.0. The number of ether oxygens (including phenoxy) is 1. The first-order valence-electron chi connectivity index (χ1n) is 13.9. The first-order chi connectivity index (χ1) is 17.1. The molecule has 7 nitrogen and oxygen atoms in total. The van der Waals surface area contributed by atoms with E-state index in [1.807, 2.05) is 11.8 Å². The Balaban J connectivity index is 1.15. The van der Waals surface area contributed by atoms with Gasteiger partial charge in [-0.2, -0.15) is 0 Å². The smallest absolute Gasteiger partial charge is 0.410 e. The maximum atomic E-state index is 13.4. The number of hydrogen-bond acceptors (Lipinski definition) is 4. The van der Waals surface area contributed by atoms with E-state index in [1.165, 1.54) is 11.1 Å². The molecule has 3 amide bonds. The molecule has 190 valence electrons. The fraction of sp³-hybridized carbons (Fsp3) is 0.714. The standard InChI is InChI=1S/C28H40N4O3/c1-2-35-27(34)32-22-9-10-23(32)18-24(17-22)29-15-11-28(12-16-29)20-31(26(33)30-13-5-6-14-30)19-21-7-3-4-8-25(21)28/h3-4,7-8,22-24H,2,5-6,9-20H2,1H3. The Hall–Kier alpha value is -2.28. The molecule has 0 radical (unpaired) electrons. The maximum Gasteiger partial charge on any atom is 0.410 e. The molecule has 1 aromatic rings. The summed E-state index contributed by atoms with van der Waals surface area (Å²) < 4.78 is 5.36. The molecular weight excluding hydrogens is 440 g/mol. The van der Waals surface area contributed by atoms with E-state index in [1.54, 1.807) is 0 Å². The van der Waals surface area contributed by atoms with E-state index in [0.717, 1.165) is 90.6 Å². The fourth-order valence-electron chi connectivity index (χ4n) is 7.82. The number of nitrogens with zero attached hydrogens (tertiary/aromatic N) is 4. The largest absolute Gasteiger partial charge is 0.450 e. The molecule has 0 saturated carbocycles. The van der Waals surface area contributed by atoms with Crippen LogP contribution in [0.4, 0.5) is 9.59 Å². The van der Waals surface area contributed by atoms with Gasteiger partial charge in [0.15, 0.2) is 0 Å². The van der Waals surface area contributed by atoms with Crippen molar-refractivity contribution >= 4 is 12.1 Å². The molecule has 0 aliphatic carbocycles. The highest BCUT2D eigenvalue weighted by atomic mass is 16.6.